The van der Waals surface area contributed by atoms with Gasteiger partial charge in [-0.3, -0.25) is 4.79 Å². The smallest absolute Gasteiger partial charge is 0.348 e. The number of imidazole rings is 1. The zero-order valence-corrected chi connectivity index (χ0v) is 15.0. The van der Waals surface area contributed by atoms with Crippen molar-refractivity contribution in [1.82, 2.24) is 14.5 Å². The van der Waals surface area contributed by atoms with Crippen molar-refractivity contribution in [3.8, 4) is 0 Å². The highest BCUT2D eigenvalue weighted by Gasteiger charge is 2.24. The van der Waals surface area contributed by atoms with Crippen LogP contribution in [-0.4, -0.2) is 51.1 Å². The fraction of sp³-hybridized carbons (Fsp3) is 0.471. The van der Waals surface area contributed by atoms with Crippen LogP contribution in [0, 0.1) is 0 Å². The summed E-state index contributed by atoms with van der Waals surface area (Å²) in [7, 11) is 2.01. The van der Waals surface area contributed by atoms with Gasteiger partial charge >= 0.3 is 5.97 Å². The van der Waals surface area contributed by atoms with E-state index in [0.717, 1.165) is 43.1 Å². The standard InChI is InChI=1S/C17H22N4O3S/c1-20-9-6-18-16(20)12-3-2-7-21(11-12)8-4-14(22)19-13-5-10-25-15(13)17(23)24/h5-6,9-10,12H,2-4,7-8,11H2,1H3,(H,19,22)(H,23,24)/t12-/m0/s1. The Labute approximate surface area is 150 Å². The molecule has 0 aromatic carbocycles. The van der Waals surface area contributed by atoms with E-state index in [4.69, 9.17) is 5.11 Å². The number of nitrogens with zero attached hydrogens (tertiary/aromatic N) is 3. The highest BCUT2D eigenvalue weighted by atomic mass is 32.1. The molecular weight excluding hydrogens is 340 g/mol. The van der Waals surface area contributed by atoms with Crippen LogP contribution < -0.4 is 5.32 Å². The molecule has 2 aromatic rings. The number of thiophene rings is 1. The average Bonchev–Trinajstić information content (AvgIpc) is 3.22. The number of rotatable bonds is 6. The summed E-state index contributed by atoms with van der Waals surface area (Å²) >= 11 is 1.11. The number of carboxylic acids is 1. The molecule has 1 amide bonds. The number of hydrogen-bond donors (Lipinski definition) is 2. The first-order valence-electron chi connectivity index (χ1n) is 8.35. The second-order valence-corrected chi connectivity index (χ2v) is 7.22. The predicted molar refractivity (Wildman–Crippen MR) is 96.1 cm³/mol. The van der Waals surface area contributed by atoms with E-state index in [1.165, 1.54) is 0 Å². The molecule has 1 fully saturated rings. The molecule has 3 rings (SSSR count). The van der Waals surface area contributed by atoms with Crippen molar-refractivity contribution in [3.63, 3.8) is 0 Å². The lowest BCUT2D eigenvalue weighted by Crippen LogP contribution is -2.37. The van der Waals surface area contributed by atoms with Gasteiger partial charge in [-0.25, -0.2) is 9.78 Å². The number of aryl methyl sites for hydroxylation is 1. The molecule has 0 saturated carbocycles. The first kappa shape index (κ1) is 17.6. The summed E-state index contributed by atoms with van der Waals surface area (Å²) < 4.78 is 2.06. The lowest BCUT2D eigenvalue weighted by Gasteiger charge is -2.32. The van der Waals surface area contributed by atoms with Gasteiger partial charge in [0.15, 0.2) is 0 Å². The molecule has 0 unspecified atom stereocenters. The summed E-state index contributed by atoms with van der Waals surface area (Å²) in [6.07, 6.45) is 6.34. The van der Waals surface area contributed by atoms with Crippen molar-refractivity contribution >= 4 is 28.9 Å². The number of carboxylic acid groups (broad SMARTS) is 1. The van der Waals surface area contributed by atoms with Crippen molar-refractivity contribution in [3.05, 3.63) is 34.5 Å². The van der Waals surface area contributed by atoms with E-state index in [9.17, 15) is 9.59 Å². The second kappa shape index (κ2) is 7.79. The van der Waals surface area contributed by atoms with Gasteiger partial charge in [0.25, 0.3) is 0 Å². The van der Waals surface area contributed by atoms with Crippen molar-refractivity contribution < 1.29 is 14.7 Å². The van der Waals surface area contributed by atoms with Crippen molar-refractivity contribution in [2.24, 2.45) is 7.05 Å². The fourth-order valence-electron chi connectivity index (χ4n) is 3.29. The maximum Gasteiger partial charge on any atom is 0.348 e. The summed E-state index contributed by atoms with van der Waals surface area (Å²) in [5, 5.41) is 13.5. The van der Waals surface area contributed by atoms with Gasteiger partial charge in [-0.1, -0.05) is 0 Å². The van der Waals surface area contributed by atoms with Crippen LogP contribution in [0.3, 0.4) is 0 Å². The van der Waals surface area contributed by atoms with Gasteiger partial charge in [0, 0.05) is 44.9 Å². The topological polar surface area (TPSA) is 87.5 Å². The molecule has 2 N–H and O–H groups in total. The number of hydrogen-bond acceptors (Lipinski definition) is 5. The molecule has 1 saturated heterocycles. The molecule has 134 valence electrons. The molecular formula is C17H22N4O3S. The van der Waals surface area contributed by atoms with E-state index < -0.39 is 5.97 Å². The highest BCUT2D eigenvalue weighted by Crippen LogP contribution is 2.26. The molecule has 1 aliphatic heterocycles. The second-order valence-electron chi connectivity index (χ2n) is 6.30. The van der Waals surface area contributed by atoms with Crippen molar-refractivity contribution in [1.29, 1.82) is 0 Å². The van der Waals surface area contributed by atoms with Crippen molar-refractivity contribution in [2.75, 3.05) is 25.0 Å². The van der Waals surface area contributed by atoms with E-state index in [1.54, 1.807) is 11.4 Å². The molecule has 7 nitrogen and oxygen atoms in total. The van der Waals surface area contributed by atoms with Crippen LogP contribution in [0.1, 0.15) is 40.7 Å². The van der Waals surface area contributed by atoms with Crippen LogP contribution >= 0.6 is 11.3 Å². The molecule has 1 aliphatic rings. The van der Waals surface area contributed by atoms with Crippen LogP contribution in [0.25, 0.3) is 0 Å². The molecule has 25 heavy (non-hydrogen) atoms. The van der Waals surface area contributed by atoms with E-state index >= 15 is 0 Å². The normalized spacial score (nSPS) is 18.2. The zero-order chi connectivity index (χ0) is 17.8. The lowest BCUT2D eigenvalue weighted by molar-refractivity contribution is -0.116. The van der Waals surface area contributed by atoms with Gasteiger partial charge in [0.1, 0.15) is 10.7 Å². The maximum atomic E-state index is 12.1. The molecule has 0 radical (unpaired) electrons. The van der Waals surface area contributed by atoms with Gasteiger partial charge in [0.2, 0.25) is 5.91 Å². The van der Waals surface area contributed by atoms with Crippen LogP contribution in [0.5, 0.6) is 0 Å². The van der Waals surface area contributed by atoms with E-state index in [-0.39, 0.29) is 10.8 Å². The number of anilines is 1. The predicted octanol–water partition coefficient (Wildman–Crippen LogP) is 2.39. The summed E-state index contributed by atoms with van der Waals surface area (Å²) in [6.45, 7) is 2.54. The SMILES string of the molecule is Cn1ccnc1[C@H]1CCCN(CCC(=O)Nc2ccsc2C(=O)O)C1. The number of carbonyl (C=O) groups is 2. The van der Waals surface area contributed by atoms with Crippen LogP contribution in [0.2, 0.25) is 0 Å². The van der Waals surface area contributed by atoms with Crippen LogP contribution in [0.4, 0.5) is 5.69 Å². The number of carbonyl (C=O) groups excluding carboxylic acids is 1. The molecule has 1 atom stereocenters. The third-order valence-corrected chi connectivity index (χ3v) is 5.42. The van der Waals surface area contributed by atoms with E-state index in [0.29, 0.717) is 24.6 Å². The number of aromatic carboxylic acids is 1. The number of piperidine rings is 1. The first-order chi connectivity index (χ1) is 12.0. The zero-order valence-electron chi connectivity index (χ0n) is 14.1. The monoisotopic (exact) mass is 362 g/mol. The molecule has 0 aliphatic carbocycles. The van der Waals surface area contributed by atoms with E-state index in [2.05, 4.69) is 19.8 Å². The Morgan fingerprint density at radius 1 is 1.48 bits per heavy atom. The Morgan fingerprint density at radius 2 is 2.32 bits per heavy atom. The minimum Gasteiger partial charge on any atom is -0.477 e. The Balaban J connectivity index is 1.51. The Bertz CT molecular complexity index is 755. The summed E-state index contributed by atoms with van der Waals surface area (Å²) in [6, 6.07) is 1.63. The summed E-state index contributed by atoms with van der Waals surface area (Å²) in [5.74, 6) is 0.324. The van der Waals surface area contributed by atoms with Crippen LogP contribution in [-0.2, 0) is 11.8 Å². The van der Waals surface area contributed by atoms with Crippen LogP contribution in [0.15, 0.2) is 23.8 Å². The quantitative estimate of drug-likeness (QED) is 0.824. The van der Waals surface area contributed by atoms with E-state index in [1.807, 2.05) is 19.4 Å². The van der Waals surface area contributed by atoms with Crippen molar-refractivity contribution in [2.45, 2.75) is 25.2 Å². The summed E-state index contributed by atoms with van der Waals surface area (Å²) in [4.78, 5) is 30.1. The highest BCUT2D eigenvalue weighted by molar-refractivity contribution is 7.12. The molecule has 0 spiro atoms. The number of aromatic nitrogens is 2. The van der Waals surface area contributed by atoms with Gasteiger partial charge < -0.3 is 19.9 Å². The third kappa shape index (κ3) is 4.26. The minimum atomic E-state index is -1.01. The van der Waals surface area contributed by atoms with Gasteiger partial charge in [-0.05, 0) is 30.8 Å². The number of nitrogens with one attached hydrogen (secondary N) is 1. The Hall–Kier alpha value is -2.19. The van der Waals surface area contributed by atoms with Gasteiger partial charge in [-0.15, -0.1) is 11.3 Å². The molecule has 8 heteroatoms. The Morgan fingerprint density at radius 3 is 3.04 bits per heavy atom. The third-order valence-electron chi connectivity index (χ3n) is 4.52. The maximum absolute atomic E-state index is 12.1. The Kier molecular flexibility index (Phi) is 5.50. The minimum absolute atomic E-state index is 0.153. The summed E-state index contributed by atoms with van der Waals surface area (Å²) in [5.41, 5.74) is 0.382. The largest absolute Gasteiger partial charge is 0.477 e. The molecule has 3 heterocycles. The van der Waals surface area contributed by atoms with Gasteiger partial charge in [-0.2, -0.15) is 0 Å². The average molecular weight is 362 g/mol. The fourth-order valence-corrected chi connectivity index (χ4v) is 3.97. The number of amides is 1. The number of likely N-dealkylation sites (tertiary alicyclic amines) is 1. The molecule has 2 aromatic heterocycles. The first-order valence-corrected chi connectivity index (χ1v) is 9.22. The molecule has 0 bridgehead atoms. The lowest BCUT2D eigenvalue weighted by atomic mass is 9.97. The van der Waals surface area contributed by atoms with Gasteiger partial charge in [0.05, 0.1) is 5.69 Å².